The molecule has 1 N–H and O–H groups in total. The Morgan fingerprint density at radius 1 is 1.03 bits per heavy atom. The molecule has 0 bridgehead atoms. The molecule has 162 valence electrons. The summed E-state index contributed by atoms with van der Waals surface area (Å²) in [4.78, 5) is 24.8. The molecule has 3 aromatic rings. The molecule has 6 nitrogen and oxygen atoms in total. The highest BCUT2D eigenvalue weighted by Crippen LogP contribution is 2.38. The van der Waals surface area contributed by atoms with Crippen LogP contribution in [-0.4, -0.2) is 44.8 Å². The fraction of sp³-hybridized carbons (Fsp3) is 0.480. The number of carbonyl (C=O) groups is 1. The second kappa shape index (κ2) is 8.79. The second-order valence-electron chi connectivity index (χ2n) is 9.12. The summed E-state index contributed by atoms with van der Waals surface area (Å²) in [5, 5.41) is 3.26. The van der Waals surface area contributed by atoms with Crippen molar-refractivity contribution in [1.82, 2.24) is 24.6 Å². The number of amides is 1. The maximum absolute atomic E-state index is 13.2. The topological polar surface area (TPSA) is 62.5 Å². The number of pyridine rings is 2. The van der Waals surface area contributed by atoms with E-state index in [1.807, 2.05) is 47.3 Å². The second-order valence-corrected chi connectivity index (χ2v) is 9.12. The lowest BCUT2D eigenvalue weighted by Gasteiger charge is -2.37. The number of aromatic nitrogens is 3. The highest BCUT2D eigenvalue weighted by molar-refractivity contribution is 5.93. The van der Waals surface area contributed by atoms with Crippen molar-refractivity contribution in [2.75, 3.05) is 19.6 Å². The van der Waals surface area contributed by atoms with E-state index in [4.69, 9.17) is 4.98 Å². The number of carbonyl (C=O) groups excluding carboxylic acids is 1. The summed E-state index contributed by atoms with van der Waals surface area (Å²) in [6, 6.07) is 9.95. The standard InChI is InChI=1S/C25H31N5O/c31-24(27-19-25(11-2-1-3-12-25)20-8-7-13-26-16-20)22-9-6-10-23-28-21(18-30(22)23)17-29-14-4-5-15-29/h6-10,13,16,18H,1-5,11-12,14-15,17,19H2,(H,27,31). The summed E-state index contributed by atoms with van der Waals surface area (Å²) in [6.45, 7) is 3.77. The Labute approximate surface area is 183 Å². The highest BCUT2D eigenvalue weighted by Gasteiger charge is 2.34. The normalized spacial score (nSPS) is 19.0. The van der Waals surface area contributed by atoms with E-state index in [1.165, 1.54) is 37.7 Å². The molecule has 0 aromatic carbocycles. The molecule has 0 radical (unpaired) electrons. The van der Waals surface area contributed by atoms with Gasteiger partial charge < -0.3 is 5.32 Å². The smallest absolute Gasteiger partial charge is 0.268 e. The van der Waals surface area contributed by atoms with Gasteiger partial charge in [-0.1, -0.05) is 31.4 Å². The van der Waals surface area contributed by atoms with Crippen molar-refractivity contribution in [1.29, 1.82) is 0 Å². The third kappa shape index (κ3) is 4.22. The van der Waals surface area contributed by atoms with Crippen LogP contribution in [0.3, 0.4) is 0 Å². The van der Waals surface area contributed by atoms with Crippen molar-refractivity contribution in [3.05, 3.63) is 65.9 Å². The van der Waals surface area contributed by atoms with Crippen molar-refractivity contribution in [3.8, 4) is 0 Å². The van der Waals surface area contributed by atoms with Crippen LogP contribution in [0.1, 0.15) is 66.7 Å². The molecule has 6 heteroatoms. The van der Waals surface area contributed by atoms with E-state index in [0.29, 0.717) is 12.2 Å². The van der Waals surface area contributed by atoms with Crippen LogP contribution in [0.5, 0.6) is 0 Å². The minimum atomic E-state index is -0.0374. The van der Waals surface area contributed by atoms with E-state index in [-0.39, 0.29) is 11.3 Å². The average Bonchev–Trinajstić information content (AvgIpc) is 3.48. The highest BCUT2D eigenvalue weighted by atomic mass is 16.1. The predicted octanol–water partition coefficient (Wildman–Crippen LogP) is 3.96. The zero-order chi connectivity index (χ0) is 21.1. The molecule has 3 aromatic heterocycles. The van der Waals surface area contributed by atoms with Gasteiger partial charge in [0.15, 0.2) is 0 Å². The molecule has 0 spiro atoms. The van der Waals surface area contributed by atoms with E-state index in [9.17, 15) is 4.79 Å². The minimum Gasteiger partial charge on any atom is -0.350 e. The number of fused-ring (bicyclic) bond motifs is 1. The minimum absolute atomic E-state index is 0.0219. The average molecular weight is 418 g/mol. The molecule has 1 saturated heterocycles. The molecule has 1 aliphatic carbocycles. The van der Waals surface area contributed by atoms with Gasteiger partial charge in [-0.25, -0.2) is 4.98 Å². The molecule has 1 aliphatic heterocycles. The van der Waals surface area contributed by atoms with Gasteiger partial charge in [-0.15, -0.1) is 0 Å². The van der Waals surface area contributed by atoms with E-state index < -0.39 is 0 Å². The van der Waals surface area contributed by atoms with Crippen LogP contribution in [0.25, 0.3) is 5.65 Å². The van der Waals surface area contributed by atoms with Gasteiger partial charge in [-0.3, -0.25) is 19.1 Å². The quantitative estimate of drug-likeness (QED) is 0.660. The first kappa shape index (κ1) is 20.2. The number of imidazole rings is 1. The van der Waals surface area contributed by atoms with Gasteiger partial charge in [-0.05, 0) is 62.5 Å². The van der Waals surface area contributed by atoms with Crippen molar-refractivity contribution in [2.45, 2.75) is 56.9 Å². The van der Waals surface area contributed by atoms with Gasteiger partial charge in [0.2, 0.25) is 0 Å². The maximum atomic E-state index is 13.2. The number of likely N-dealkylation sites (tertiary alicyclic amines) is 1. The van der Waals surface area contributed by atoms with Gasteiger partial charge in [0, 0.05) is 37.1 Å². The fourth-order valence-electron chi connectivity index (χ4n) is 5.30. The maximum Gasteiger partial charge on any atom is 0.268 e. The van der Waals surface area contributed by atoms with Crippen LogP contribution < -0.4 is 5.32 Å². The summed E-state index contributed by atoms with van der Waals surface area (Å²) in [7, 11) is 0. The van der Waals surface area contributed by atoms with Crippen molar-refractivity contribution in [2.24, 2.45) is 0 Å². The summed E-state index contributed by atoms with van der Waals surface area (Å²) < 4.78 is 1.94. The lowest BCUT2D eigenvalue weighted by Crippen LogP contribution is -2.42. The third-order valence-electron chi connectivity index (χ3n) is 7.03. The van der Waals surface area contributed by atoms with Crippen LogP contribution in [-0.2, 0) is 12.0 Å². The summed E-state index contributed by atoms with van der Waals surface area (Å²) >= 11 is 0. The Morgan fingerprint density at radius 3 is 2.65 bits per heavy atom. The van der Waals surface area contributed by atoms with Gasteiger partial charge in [-0.2, -0.15) is 0 Å². The summed E-state index contributed by atoms with van der Waals surface area (Å²) in [6.07, 6.45) is 14.2. The molecule has 31 heavy (non-hydrogen) atoms. The molecule has 0 atom stereocenters. The Morgan fingerprint density at radius 2 is 1.87 bits per heavy atom. The Kier molecular flexibility index (Phi) is 5.72. The monoisotopic (exact) mass is 417 g/mol. The third-order valence-corrected chi connectivity index (χ3v) is 7.03. The van der Waals surface area contributed by atoms with Crippen molar-refractivity contribution in [3.63, 3.8) is 0 Å². The molecule has 5 rings (SSSR count). The van der Waals surface area contributed by atoms with Crippen molar-refractivity contribution < 1.29 is 4.79 Å². The van der Waals surface area contributed by atoms with E-state index in [0.717, 1.165) is 43.8 Å². The van der Waals surface area contributed by atoms with Crippen molar-refractivity contribution >= 4 is 11.6 Å². The Bertz CT molecular complexity index is 1030. The predicted molar refractivity (Wildman–Crippen MR) is 121 cm³/mol. The van der Waals surface area contributed by atoms with Crippen LogP contribution in [0.2, 0.25) is 0 Å². The van der Waals surface area contributed by atoms with Crippen LogP contribution >= 0.6 is 0 Å². The molecule has 1 amide bonds. The zero-order valence-electron chi connectivity index (χ0n) is 18.1. The van der Waals surface area contributed by atoms with Gasteiger partial charge >= 0.3 is 0 Å². The Hall–Kier alpha value is -2.73. The zero-order valence-corrected chi connectivity index (χ0v) is 18.1. The fourth-order valence-corrected chi connectivity index (χ4v) is 5.30. The number of nitrogens with zero attached hydrogens (tertiary/aromatic N) is 4. The van der Waals surface area contributed by atoms with Crippen LogP contribution in [0, 0.1) is 0 Å². The SMILES string of the molecule is O=C(NCC1(c2cccnc2)CCCCC1)c1cccc2nc(CN3CCCC3)cn12. The molecular weight excluding hydrogens is 386 g/mol. The van der Waals surface area contributed by atoms with Crippen LogP contribution in [0.4, 0.5) is 0 Å². The Balaban J connectivity index is 1.35. The summed E-state index contributed by atoms with van der Waals surface area (Å²) in [5.74, 6) is -0.0374. The first-order valence-corrected chi connectivity index (χ1v) is 11.6. The first-order valence-electron chi connectivity index (χ1n) is 11.6. The van der Waals surface area contributed by atoms with Gasteiger partial charge in [0.25, 0.3) is 5.91 Å². The lowest BCUT2D eigenvalue weighted by molar-refractivity contribution is 0.0930. The number of hydrogen-bond acceptors (Lipinski definition) is 4. The van der Waals surface area contributed by atoms with E-state index >= 15 is 0 Å². The molecule has 1 saturated carbocycles. The van der Waals surface area contributed by atoms with E-state index in [1.54, 1.807) is 0 Å². The first-order chi connectivity index (χ1) is 15.2. The summed E-state index contributed by atoms with van der Waals surface area (Å²) in [5.41, 5.74) is 3.73. The molecular formula is C25H31N5O. The lowest BCUT2D eigenvalue weighted by atomic mass is 9.70. The molecule has 2 fully saturated rings. The number of hydrogen-bond donors (Lipinski definition) is 1. The molecule has 2 aliphatic rings. The molecule has 4 heterocycles. The van der Waals surface area contributed by atoms with Crippen LogP contribution in [0.15, 0.2) is 48.9 Å². The van der Waals surface area contributed by atoms with Gasteiger partial charge in [0.1, 0.15) is 11.3 Å². The molecule has 0 unspecified atom stereocenters. The van der Waals surface area contributed by atoms with Gasteiger partial charge in [0.05, 0.1) is 5.69 Å². The number of nitrogens with one attached hydrogen (secondary N) is 1. The van der Waals surface area contributed by atoms with E-state index in [2.05, 4.69) is 21.3 Å². The number of rotatable bonds is 6. The largest absolute Gasteiger partial charge is 0.350 e.